The quantitative estimate of drug-likeness (QED) is 0.311. The highest BCUT2D eigenvalue weighted by Gasteiger charge is 2.36. The van der Waals surface area contributed by atoms with Crippen LogP contribution in [0.4, 0.5) is 0 Å². The second kappa shape index (κ2) is 11.8. The van der Waals surface area contributed by atoms with Crippen LogP contribution in [0.25, 0.3) is 0 Å². The molecular weight excluding hydrogens is 264 g/mol. The Morgan fingerprint density at radius 3 is 1.95 bits per heavy atom. The lowest BCUT2D eigenvalue weighted by molar-refractivity contribution is 0.0869. The Morgan fingerprint density at radius 2 is 1.45 bits per heavy atom. The highest BCUT2D eigenvalue weighted by Crippen LogP contribution is 2.24. The average Bonchev–Trinajstić information content (AvgIpc) is 2.48. The van der Waals surface area contributed by atoms with Crippen LogP contribution in [0.3, 0.4) is 0 Å². The minimum atomic E-state index is -1.95. The topological polar surface area (TPSA) is 18.5 Å². The van der Waals surface area contributed by atoms with E-state index in [2.05, 4.69) is 41.5 Å². The third-order valence-corrected chi connectivity index (χ3v) is 8.22. The predicted octanol–water partition coefficient (Wildman–Crippen LogP) is 5.91. The first-order valence-corrected chi connectivity index (χ1v) is 11.1. The molecule has 0 aliphatic rings. The minimum Gasteiger partial charge on any atom is -0.394 e. The van der Waals surface area contributed by atoms with Gasteiger partial charge in [-0.25, -0.2) is 0 Å². The van der Waals surface area contributed by atoms with E-state index in [1.54, 1.807) is 0 Å². The van der Waals surface area contributed by atoms with Gasteiger partial charge in [0.25, 0.3) is 0 Å². The molecule has 0 fully saturated rings. The first kappa shape index (κ1) is 20.1. The fraction of sp³-hybridized carbons (Fsp3) is 1.00. The van der Waals surface area contributed by atoms with Gasteiger partial charge in [-0.1, -0.05) is 66.7 Å². The molecule has 0 aliphatic heterocycles. The van der Waals surface area contributed by atoms with Gasteiger partial charge in [0.15, 0.2) is 0 Å². The largest absolute Gasteiger partial charge is 0.394 e. The van der Waals surface area contributed by atoms with Gasteiger partial charge in [-0.2, -0.15) is 0 Å². The molecule has 122 valence electrons. The Morgan fingerprint density at radius 1 is 0.850 bits per heavy atom. The van der Waals surface area contributed by atoms with Gasteiger partial charge in [-0.15, -0.1) is 0 Å². The van der Waals surface area contributed by atoms with E-state index in [-0.39, 0.29) is 0 Å². The molecule has 0 aromatic heterocycles. The summed E-state index contributed by atoms with van der Waals surface area (Å²) in [6.45, 7) is 14.3. The predicted molar refractivity (Wildman–Crippen MR) is 91.4 cm³/mol. The van der Waals surface area contributed by atoms with Gasteiger partial charge in [0.2, 0.25) is 0 Å². The molecule has 2 nitrogen and oxygen atoms in total. The first-order chi connectivity index (χ1) is 9.55. The van der Waals surface area contributed by atoms with Crippen LogP contribution in [0.2, 0.25) is 12.1 Å². The summed E-state index contributed by atoms with van der Waals surface area (Å²) in [5.41, 5.74) is 0. The molecule has 0 spiro atoms. The lowest BCUT2D eigenvalue weighted by Gasteiger charge is -2.34. The molecule has 0 aromatic rings. The van der Waals surface area contributed by atoms with E-state index in [0.717, 1.165) is 18.7 Å². The van der Waals surface area contributed by atoms with Crippen molar-refractivity contribution in [1.29, 1.82) is 0 Å². The molecule has 0 N–H and O–H groups in total. The Balaban J connectivity index is 4.17. The van der Waals surface area contributed by atoms with Crippen molar-refractivity contribution in [3.05, 3.63) is 0 Å². The van der Waals surface area contributed by atoms with Crippen molar-refractivity contribution in [1.82, 2.24) is 0 Å². The molecule has 2 atom stereocenters. The summed E-state index contributed by atoms with van der Waals surface area (Å²) in [5, 5.41) is 0. The zero-order valence-corrected chi connectivity index (χ0v) is 15.8. The summed E-state index contributed by atoms with van der Waals surface area (Å²) in [6, 6.07) is 2.14. The molecule has 0 saturated carbocycles. The molecular formula is C17H38O2Si. The van der Waals surface area contributed by atoms with E-state index in [1.807, 2.05) is 0 Å². The smallest absolute Gasteiger partial charge is 0.337 e. The van der Waals surface area contributed by atoms with Crippen LogP contribution < -0.4 is 0 Å². The van der Waals surface area contributed by atoms with Crippen molar-refractivity contribution >= 4 is 8.56 Å². The van der Waals surface area contributed by atoms with Crippen molar-refractivity contribution in [3.63, 3.8) is 0 Å². The highest BCUT2D eigenvalue weighted by molar-refractivity contribution is 6.67. The van der Waals surface area contributed by atoms with E-state index in [0.29, 0.717) is 12.0 Å². The van der Waals surface area contributed by atoms with E-state index in [9.17, 15) is 0 Å². The first-order valence-electron chi connectivity index (χ1n) is 8.86. The maximum Gasteiger partial charge on any atom is 0.337 e. The lowest BCUT2D eigenvalue weighted by atomic mass is 10.0. The highest BCUT2D eigenvalue weighted by atomic mass is 28.4. The van der Waals surface area contributed by atoms with Gasteiger partial charge in [-0.3, -0.25) is 0 Å². The molecule has 0 rings (SSSR count). The van der Waals surface area contributed by atoms with E-state index in [1.165, 1.54) is 38.5 Å². The molecule has 0 aromatic carbocycles. The molecule has 2 unspecified atom stereocenters. The normalized spacial score (nSPS) is 15.3. The Hall–Kier alpha value is 0.137. The van der Waals surface area contributed by atoms with Gasteiger partial charge < -0.3 is 8.85 Å². The Labute approximate surface area is 128 Å². The van der Waals surface area contributed by atoms with Crippen LogP contribution in [0.5, 0.6) is 0 Å². The number of unbranched alkanes of at least 4 members (excludes halogenated alkanes) is 4. The van der Waals surface area contributed by atoms with Crippen molar-refractivity contribution in [2.24, 2.45) is 5.92 Å². The van der Waals surface area contributed by atoms with Crippen LogP contribution in [0.1, 0.15) is 80.1 Å². The fourth-order valence-corrected chi connectivity index (χ4v) is 5.14. The molecule has 3 heteroatoms. The molecule has 0 heterocycles. The average molecular weight is 303 g/mol. The SMILES string of the molecule is CCCCCCCO[Si](CC)(CC)OC(C)C(C)CC. The maximum absolute atomic E-state index is 6.43. The zero-order chi connectivity index (χ0) is 15.4. The van der Waals surface area contributed by atoms with Gasteiger partial charge in [0.05, 0.1) is 0 Å². The minimum absolute atomic E-state index is 0.326. The number of hydrogen-bond donors (Lipinski definition) is 0. The third-order valence-electron chi connectivity index (χ3n) is 4.54. The molecule has 0 saturated heterocycles. The van der Waals surface area contributed by atoms with Crippen LogP contribution in [0.15, 0.2) is 0 Å². The van der Waals surface area contributed by atoms with Crippen LogP contribution in [-0.4, -0.2) is 21.3 Å². The third kappa shape index (κ3) is 7.80. The second-order valence-corrected chi connectivity index (χ2v) is 9.85. The number of rotatable bonds is 13. The lowest BCUT2D eigenvalue weighted by Crippen LogP contribution is -2.45. The standard InChI is InChI=1S/C17H38O2Si/c1-7-11-12-13-14-15-18-20(9-3,10-4)19-17(6)16(5)8-2/h16-17H,7-15H2,1-6H3. The van der Waals surface area contributed by atoms with Crippen LogP contribution in [0, 0.1) is 5.92 Å². The summed E-state index contributed by atoms with van der Waals surface area (Å²) in [7, 11) is -1.95. The second-order valence-electron chi connectivity index (χ2n) is 6.09. The van der Waals surface area contributed by atoms with Crippen LogP contribution in [-0.2, 0) is 8.85 Å². The summed E-state index contributed by atoms with van der Waals surface area (Å²) < 4.78 is 12.7. The van der Waals surface area contributed by atoms with E-state index < -0.39 is 8.56 Å². The zero-order valence-electron chi connectivity index (χ0n) is 14.8. The summed E-state index contributed by atoms with van der Waals surface area (Å²) in [5.74, 6) is 0.619. The van der Waals surface area contributed by atoms with Gasteiger partial charge >= 0.3 is 8.56 Å². The van der Waals surface area contributed by atoms with Crippen molar-refractivity contribution in [2.75, 3.05) is 6.61 Å². The summed E-state index contributed by atoms with van der Waals surface area (Å²) in [4.78, 5) is 0. The molecule has 0 amide bonds. The molecule has 0 radical (unpaired) electrons. The fourth-order valence-electron chi connectivity index (χ4n) is 2.41. The van der Waals surface area contributed by atoms with E-state index in [4.69, 9.17) is 8.85 Å². The van der Waals surface area contributed by atoms with Crippen LogP contribution >= 0.6 is 0 Å². The summed E-state index contributed by atoms with van der Waals surface area (Å²) in [6.07, 6.45) is 7.99. The van der Waals surface area contributed by atoms with E-state index >= 15 is 0 Å². The Bertz CT molecular complexity index is 217. The molecule has 20 heavy (non-hydrogen) atoms. The molecule has 0 aliphatic carbocycles. The maximum atomic E-state index is 6.43. The summed E-state index contributed by atoms with van der Waals surface area (Å²) >= 11 is 0. The number of hydrogen-bond acceptors (Lipinski definition) is 2. The molecule has 0 bridgehead atoms. The van der Waals surface area contributed by atoms with Crippen molar-refractivity contribution in [3.8, 4) is 0 Å². The van der Waals surface area contributed by atoms with Crippen molar-refractivity contribution in [2.45, 2.75) is 98.3 Å². The van der Waals surface area contributed by atoms with Gasteiger partial charge in [-0.05, 0) is 31.4 Å². The Kier molecular flexibility index (Phi) is 11.8. The van der Waals surface area contributed by atoms with Gasteiger partial charge in [0.1, 0.15) is 0 Å². The van der Waals surface area contributed by atoms with Gasteiger partial charge in [0, 0.05) is 12.7 Å². The monoisotopic (exact) mass is 302 g/mol. The van der Waals surface area contributed by atoms with Crippen molar-refractivity contribution < 1.29 is 8.85 Å².